The van der Waals surface area contributed by atoms with Gasteiger partial charge < -0.3 is 10.1 Å². The van der Waals surface area contributed by atoms with Gasteiger partial charge in [-0.2, -0.15) is 0 Å². The largest absolute Gasteiger partial charge is 0.380 e. The van der Waals surface area contributed by atoms with E-state index in [9.17, 15) is 0 Å². The summed E-state index contributed by atoms with van der Waals surface area (Å²) in [6.45, 7) is 8.06. The molecule has 0 bridgehead atoms. The van der Waals surface area contributed by atoms with Crippen molar-refractivity contribution >= 4 is 6.08 Å². The third kappa shape index (κ3) is 6.25. The molecule has 1 rings (SSSR count). The van der Waals surface area contributed by atoms with Crippen molar-refractivity contribution in [3.63, 3.8) is 0 Å². The summed E-state index contributed by atoms with van der Waals surface area (Å²) < 4.78 is 5.12. The Kier molecular flexibility index (Phi) is 5.39. The highest BCUT2D eigenvalue weighted by Crippen LogP contribution is 2.08. The molecule has 1 N–H and O–H groups in total. The first-order valence-electron chi connectivity index (χ1n) is 6.01. The second-order valence-electron chi connectivity index (χ2n) is 5.21. The molecule has 0 unspecified atom stereocenters. The Labute approximate surface area is 105 Å². The van der Waals surface area contributed by atoms with Crippen LogP contribution in [0.2, 0.25) is 0 Å². The average Bonchev–Trinajstić information content (AvgIpc) is 2.24. The Morgan fingerprint density at radius 3 is 2.71 bits per heavy atom. The number of hydrogen-bond acceptors (Lipinski definition) is 2. The van der Waals surface area contributed by atoms with Gasteiger partial charge >= 0.3 is 0 Å². The zero-order valence-electron chi connectivity index (χ0n) is 11.3. The minimum atomic E-state index is 0.169. The molecule has 0 aliphatic carbocycles. The number of hydrogen-bond donors (Lipinski definition) is 1. The van der Waals surface area contributed by atoms with E-state index in [0.29, 0.717) is 6.61 Å². The zero-order valence-corrected chi connectivity index (χ0v) is 11.3. The zero-order chi connectivity index (χ0) is 12.7. The first kappa shape index (κ1) is 13.9. The lowest BCUT2D eigenvalue weighted by Gasteiger charge is -2.18. The molecule has 0 aliphatic rings. The van der Waals surface area contributed by atoms with E-state index in [-0.39, 0.29) is 5.54 Å². The Morgan fingerprint density at radius 1 is 1.29 bits per heavy atom. The van der Waals surface area contributed by atoms with Crippen LogP contribution in [0.15, 0.2) is 30.3 Å². The molecule has 0 aromatic heterocycles. The van der Waals surface area contributed by atoms with E-state index in [4.69, 9.17) is 4.74 Å². The topological polar surface area (TPSA) is 21.3 Å². The van der Waals surface area contributed by atoms with Gasteiger partial charge in [0, 0.05) is 19.2 Å². The van der Waals surface area contributed by atoms with Crippen molar-refractivity contribution < 1.29 is 4.74 Å². The second kappa shape index (κ2) is 6.58. The van der Waals surface area contributed by atoms with Crippen LogP contribution in [-0.2, 0) is 11.3 Å². The number of nitrogens with one attached hydrogen (secondary N) is 1. The quantitative estimate of drug-likeness (QED) is 0.843. The molecule has 17 heavy (non-hydrogen) atoms. The van der Waals surface area contributed by atoms with Gasteiger partial charge in [-0.3, -0.25) is 0 Å². The van der Waals surface area contributed by atoms with E-state index < -0.39 is 0 Å². The summed E-state index contributed by atoms with van der Waals surface area (Å²) in [6, 6.07) is 8.39. The van der Waals surface area contributed by atoms with Gasteiger partial charge in [0.15, 0.2) is 0 Å². The number of benzene rings is 1. The minimum Gasteiger partial charge on any atom is -0.380 e. The van der Waals surface area contributed by atoms with Gasteiger partial charge in [-0.05, 0) is 38.0 Å². The van der Waals surface area contributed by atoms with Crippen molar-refractivity contribution in [2.75, 3.05) is 13.7 Å². The molecule has 0 heterocycles. The Hall–Kier alpha value is -1.12. The third-order valence-electron chi connectivity index (χ3n) is 2.32. The molecule has 0 saturated carbocycles. The summed E-state index contributed by atoms with van der Waals surface area (Å²) in [6.07, 6.45) is 4.29. The predicted molar refractivity (Wildman–Crippen MR) is 73.9 cm³/mol. The van der Waals surface area contributed by atoms with Gasteiger partial charge in [-0.15, -0.1) is 0 Å². The molecular weight excluding hydrogens is 210 g/mol. The molecule has 0 atom stereocenters. The fourth-order valence-corrected chi connectivity index (χ4v) is 1.51. The van der Waals surface area contributed by atoms with Crippen LogP contribution in [-0.4, -0.2) is 19.2 Å². The molecule has 1 aromatic rings. The fraction of sp³-hybridized carbons (Fsp3) is 0.467. The van der Waals surface area contributed by atoms with E-state index in [0.717, 1.165) is 6.54 Å². The van der Waals surface area contributed by atoms with Crippen LogP contribution in [0.1, 0.15) is 31.9 Å². The lowest BCUT2D eigenvalue weighted by Crippen LogP contribution is -2.35. The summed E-state index contributed by atoms with van der Waals surface area (Å²) in [7, 11) is 1.72. The van der Waals surface area contributed by atoms with Gasteiger partial charge in [0.1, 0.15) is 0 Å². The van der Waals surface area contributed by atoms with Crippen LogP contribution in [0.3, 0.4) is 0 Å². The molecule has 0 aliphatic heterocycles. The summed E-state index contributed by atoms with van der Waals surface area (Å²) in [5.41, 5.74) is 2.59. The van der Waals surface area contributed by atoms with Gasteiger partial charge in [0.2, 0.25) is 0 Å². The highest BCUT2D eigenvalue weighted by atomic mass is 16.5. The second-order valence-corrected chi connectivity index (χ2v) is 5.21. The molecule has 1 aromatic carbocycles. The molecule has 0 amide bonds. The van der Waals surface area contributed by atoms with Crippen molar-refractivity contribution in [3.05, 3.63) is 41.5 Å². The third-order valence-corrected chi connectivity index (χ3v) is 2.32. The Balaban J connectivity index is 2.50. The predicted octanol–water partition coefficient (Wildman–Crippen LogP) is 3.23. The maximum absolute atomic E-state index is 5.12. The van der Waals surface area contributed by atoms with E-state index in [1.54, 1.807) is 7.11 Å². The Bertz CT molecular complexity index is 363. The van der Waals surface area contributed by atoms with Crippen molar-refractivity contribution in [1.29, 1.82) is 0 Å². The van der Waals surface area contributed by atoms with E-state index in [2.05, 4.69) is 62.5 Å². The highest BCUT2D eigenvalue weighted by Gasteiger charge is 2.05. The summed E-state index contributed by atoms with van der Waals surface area (Å²) >= 11 is 0. The monoisotopic (exact) mass is 233 g/mol. The first-order chi connectivity index (χ1) is 8.01. The van der Waals surface area contributed by atoms with Crippen molar-refractivity contribution in [2.45, 2.75) is 32.9 Å². The number of methoxy groups -OCH3 is 1. The Morgan fingerprint density at radius 2 is 2.06 bits per heavy atom. The van der Waals surface area contributed by atoms with Crippen LogP contribution in [0, 0.1) is 0 Å². The normalized spacial score (nSPS) is 12.2. The molecule has 2 nitrogen and oxygen atoms in total. The van der Waals surface area contributed by atoms with Crippen LogP contribution in [0.25, 0.3) is 6.08 Å². The van der Waals surface area contributed by atoms with Gasteiger partial charge in [-0.1, -0.05) is 30.4 Å². The molecule has 2 heteroatoms. The maximum Gasteiger partial charge on any atom is 0.0713 e. The minimum absolute atomic E-state index is 0.169. The molecular formula is C15H23NO. The van der Waals surface area contributed by atoms with E-state index >= 15 is 0 Å². The standard InChI is InChI=1S/C15H23NO/c1-15(2,3)16-10-6-9-13-7-5-8-14(11-13)12-17-4/h5-9,11,16H,10,12H2,1-4H3. The maximum atomic E-state index is 5.12. The molecule has 0 saturated heterocycles. The van der Waals surface area contributed by atoms with Gasteiger partial charge in [-0.25, -0.2) is 0 Å². The van der Waals surface area contributed by atoms with E-state index in [1.165, 1.54) is 11.1 Å². The van der Waals surface area contributed by atoms with E-state index in [1.807, 2.05) is 0 Å². The fourth-order valence-electron chi connectivity index (χ4n) is 1.51. The van der Waals surface area contributed by atoms with Crippen molar-refractivity contribution in [2.24, 2.45) is 0 Å². The van der Waals surface area contributed by atoms with Crippen molar-refractivity contribution in [1.82, 2.24) is 5.32 Å². The highest BCUT2D eigenvalue weighted by molar-refractivity contribution is 5.50. The van der Waals surface area contributed by atoms with Crippen molar-refractivity contribution in [3.8, 4) is 0 Å². The smallest absolute Gasteiger partial charge is 0.0713 e. The molecule has 0 radical (unpaired) electrons. The summed E-state index contributed by atoms with van der Waals surface area (Å²) in [4.78, 5) is 0. The number of rotatable bonds is 5. The molecule has 0 spiro atoms. The number of ether oxygens (including phenoxy) is 1. The lowest BCUT2D eigenvalue weighted by atomic mass is 10.1. The summed E-state index contributed by atoms with van der Waals surface area (Å²) in [5, 5.41) is 3.42. The molecule has 94 valence electrons. The summed E-state index contributed by atoms with van der Waals surface area (Å²) in [5.74, 6) is 0. The molecule has 0 fully saturated rings. The van der Waals surface area contributed by atoms with Crippen LogP contribution < -0.4 is 5.32 Å². The van der Waals surface area contributed by atoms with Crippen LogP contribution in [0.5, 0.6) is 0 Å². The van der Waals surface area contributed by atoms with Crippen LogP contribution >= 0.6 is 0 Å². The van der Waals surface area contributed by atoms with Gasteiger partial charge in [0.05, 0.1) is 6.61 Å². The average molecular weight is 233 g/mol. The first-order valence-corrected chi connectivity index (χ1v) is 6.01. The lowest BCUT2D eigenvalue weighted by molar-refractivity contribution is 0.185. The SMILES string of the molecule is COCc1cccc(C=CCNC(C)(C)C)c1. The van der Waals surface area contributed by atoms with Gasteiger partial charge in [0.25, 0.3) is 0 Å². The van der Waals surface area contributed by atoms with Crippen LogP contribution in [0.4, 0.5) is 0 Å².